The second-order valence-corrected chi connectivity index (χ2v) is 6.64. The molecule has 2 aromatic carbocycles. The zero-order valence-corrected chi connectivity index (χ0v) is 14.7. The Labute approximate surface area is 151 Å². The van der Waals surface area contributed by atoms with Gasteiger partial charge in [-0.15, -0.1) is 0 Å². The summed E-state index contributed by atoms with van der Waals surface area (Å²) in [5, 5.41) is 6.44. The number of urea groups is 1. The van der Waals surface area contributed by atoms with Crippen LogP contribution < -0.4 is 15.5 Å². The van der Waals surface area contributed by atoms with Crippen LogP contribution in [0.15, 0.2) is 42.5 Å². The fourth-order valence-corrected chi connectivity index (χ4v) is 3.24. The Balaban J connectivity index is 1.59. The lowest BCUT2D eigenvalue weighted by molar-refractivity contribution is 0.262. The van der Waals surface area contributed by atoms with Crippen LogP contribution in [0.25, 0.3) is 0 Å². The molecular weight excluding hydrogens is 345 g/mol. The molecule has 0 radical (unpaired) electrons. The Hall–Kier alpha value is -1.91. The number of rotatable bonds is 3. The van der Waals surface area contributed by atoms with E-state index in [4.69, 9.17) is 23.2 Å². The first-order valence-electron chi connectivity index (χ1n) is 8.00. The van der Waals surface area contributed by atoms with Crippen molar-refractivity contribution in [1.29, 1.82) is 0 Å². The van der Waals surface area contributed by atoms with Gasteiger partial charge in [0.25, 0.3) is 0 Å². The zero-order valence-electron chi connectivity index (χ0n) is 13.2. The summed E-state index contributed by atoms with van der Waals surface area (Å²) in [5.41, 5.74) is 2.45. The van der Waals surface area contributed by atoms with Crippen molar-refractivity contribution in [2.45, 2.75) is 19.3 Å². The summed E-state index contributed by atoms with van der Waals surface area (Å²) in [6.07, 6.45) is 3.79. The van der Waals surface area contributed by atoms with Gasteiger partial charge in [-0.1, -0.05) is 23.2 Å². The topological polar surface area (TPSA) is 44.4 Å². The number of amides is 2. The smallest absolute Gasteiger partial charge is 0.323 e. The van der Waals surface area contributed by atoms with E-state index in [1.165, 1.54) is 24.9 Å². The third-order valence-electron chi connectivity index (χ3n) is 4.03. The number of nitrogens with one attached hydrogen (secondary N) is 2. The van der Waals surface area contributed by atoms with Gasteiger partial charge in [0.2, 0.25) is 0 Å². The lowest BCUT2D eigenvalue weighted by Crippen LogP contribution is -2.29. The maximum absolute atomic E-state index is 12.1. The largest absolute Gasteiger partial charge is 0.372 e. The first-order chi connectivity index (χ1) is 11.6. The summed E-state index contributed by atoms with van der Waals surface area (Å²) < 4.78 is 0. The zero-order chi connectivity index (χ0) is 16.9. The van der Waals surface area contributed by atoms with Crippen LogP contribution in [0, 0.1) is 0 Å². The summed E-state index contributed by atoms with van der Waals surface area (Å²) in [7, 11) is 0. The number of carbonyl (C=O) groups excluding carboxylic acids is 1. The molecule has 0 bridgehead atoms. The molecule has 0 spiro atoms. The van der Waals surface area contributed by atoms with Crippen molar-refractivity contribution in [1.82, 2.24) is 0 Å². The standard InChI is InChI=1S/C18H19Cl2N3O/c19-13-4-9-17(16(20)12-13)22-18(24)21-14-5-7-15(8-6-14)23-10-2-1-3-11-23/h4-9,12H,1-3,10-11H2,(H2,21,22,24). The lowest BCUT2D eigenvalue weighted by Gasteiger charge is -2.28. The molecule has 1 aliphatic rings. The molecule has 2 amide bonds. The van der Waals surface area contributed by atoms with Crippen molar-refractivity contribution in [2.24, 2.45) is 0 Å². The first kappa shape index (κ1) is 16.9. The van der Waals surface area contributed by atoms with Crippen molar-refractivity contribution < 1.29 is 4.79 Å². The van der Waals surface area contributed by atoms with Gasteiger partial charge >= 0.3 is 6.03 Å². The van der Waals surface area contributed by atoms with Crippen LogP contribution in [-0.2, 0) is 0 Å². The summed E-state index contributed by atoms with van der Waals surface area (Å²) in [5.74, 6) is 0. The van der Waals surface area contributed by atoms with E-state index in [1.54, 1.807) is 18.2 Å². The molecular formula is C18H19Cl2N3O. The Morgan fingerprint density at radius 2 is 1.62 bits per heavy atom. The molecule has 0 saturated carbocycles. The van der Waals surface area contributed by atoms with Crippen LogP contribution in [0.3, 0.4) is 0 Å². The van der Waals surface area contributed by atoms with Crippen molar-refractivity contribution >= 4 is 46.3 Å². The second-order valence-electron chi connectivity index (χ2n) is 5.80. The van der Waals surface area contributed by atoms with Crippen molar-refractivity contribution in [3.8, 4) is 0 Å². The number of benzene rings is 2. The monoisotopic (exact) mass is 363 g/mol. The van der Waals surface area contributed by atoms with E-state index >= 15 is 0 Å². The highest BCUT2D eigenvalue weighted by Gasteiger charge is 2.11. The van der Waals surface area contributed by atoms with Gasteiger partial charge in [-0.25, -0.2) is 4.79 Å². The van der Waals surface area contributed by atoms with E-state index in [2.05, 4.69) is 15.5 Å². The number of anilines is 3. The van der Waals surface area contributed by atoms with Crippen molar-refractivity contribution in [3.63, 3.8) is 0 Å². The highest BCUT2D eigenvalue weighted by Crippen LogP contribution is 2.26. The predicted octanol–water partition coefficient (Wildman–Crippen LogP) is 5.63. The van der Waals surface area contributed by atoms with Crippen LogP contribution in [0.5, 0.6) is 0 Å². The van der Waals surface area contributed by atoms with Crippen LogP contribution >= 0.6 is 23.2 Å². The predicted molar refractivity (Wildman–Crippen MR) is 102 cm³/mol. The maximum atomic E-state index is 12.1. The molecule has 2 aromatic rings. The molecule has 1 fully saturated rings. The molecule has 0 aromatic heterocycles. The van der Waals surface area contributed by atoms with Gasteiger partial charge < -0.3 is 15.5 Å². The van der Waals surface area contributed by atoms with E-state index < -0.39 is 0 Å². The van der Waals surface area contributed by atoms with Crippen LogP contribution in [0.1, 0.15) is 19.3 Å². The fraction of sp³-hybridized carbons (Fsp3) is 0.278. The summed E-state index contributed by atoms with van der Waals surface area (Å²) in [6.45, 7) is 2.20. The van der Waals surface area contributed by atoms with Crippen LogP contribution in [0.2, 0.25) is 10.0 Å². The van der Waals surface area contributed by atoms with Gasteiger partial charge in [-0.05, 0) is 61.7 Å². The van der Waals surface area contributed by atoms with Gasteiger partial charge in [0.15, 0.2) is 0 Å². The van der Waals surface area contributed by atoms with Gasteiger partial charge in [0.1, 0.15) is 0 Å². The Kier molecular flexibility index (Phi) is 5.48. The molecule has 126 valence electrons. The average molecular weight is 364 g/mol. The minimum absolute atomic E-state index is 0.343. The van der Waals surface area contributed by atoms with E-state index in [0.29, 0.717) is 15.7 Å². The number of piperidine rings is 1. The summed E-state index contributed by atoms with van der Waals surface area (Å²) >= 11 is 11.9. The Morgan fingerprint density at radius 3 is 2.29 bits per heavy atom. The second kappa shape index (κ2) is 7.77. The SMILES string of the molecule is O=C(Nc1ccc(N2CCCCC2)cc1)Nc1ccc(Cl)cc1Cl. The molecule has 1 saturated heterocycles. The van der Waals surface area contributed by atoms with E-state index in [0.717, 1.165) is 18.8 Å². The van der Waals surface area contributed by atoms with E-state index in [1.807, 2.05) is 24.3 Å². The van der Waals surface area contributed by atoms with Gasteiger partial charge in [0, 0.05) is 29.5 Å². The molecule has 1 heterocycles. The molecule has 4 nitrogen and oxygen atoms in total. The van der Waals surface area contributed by atoms with Crippen molar-refractivity contribution in [3.05, 3.63) is 52.5 Å². The van der Waals surface area contributed by atoms with Crippen LogP contribution in [-0.4, -0.2) is 19.1 Å². The molecule has 0 aliphatic carbocycles. The third-order valence-corrected chi connectivity index (χ3v) is 4.57. The van der Waals surface area contributed by atoms with Gasteiger partial charge in [-0.2, -0.15) is 0 Å². The number of nitrogens with zero attached hydrogens (tertiary/aromatic N) is 1. The number of hydrogen-bond donors (Lipinski definition) is 2. The highest BCUT2D eigenvalue weighted by molar-refractivity contribution is 6.36. The Bertz CT molecular complexity index is 713. The minimum atomic E-state index is -0.343. The Morgan fingerprint density at radius 1 is 0.917 bits per heavy atom. The first-order valence-corrected chi connectivity index (χ1v) is 8.75. The van der Waals surface area contributed by atoms with Crippen LogP contribution in [0.4, 0.5) is 21.9 Å². The molecule has 1 aliphatic heterocycles. The van der Waals surface area contributed by atoms with E-state index in [9.17, 15) is 4.79 Å². The normalized spacial score (nSPS) is 14.3. The quantitative estimate of drug-likeness (QED) is 0.742. The molecule has 3 rings (SSSR count). The third kappa shape index (κ3) is 4.34. The number of carbonyl (C=O) groups is 1. The minimum Gasteiger partial charge on any atom is -0.372 e. The summed E-state index contributed by atoms with van der Waals surface area (Å²) in [6, 6.07) is 12.5. The van der Waals surface area contributed by atoms with E-state index in [-0.39, 0.29) is 6.03 Å². The van der Waals surface area contributed by atoms with Gasteiger partial charge in [-0.3, -0.25) is 0 Å². The molecule has 24 heavy (non-hydrogen) atoms. The molecule has 2 N–H and O–H groups in total. The molecule has 0 unspecified atom stereocenters. The summed E-state index contributed by atoms with van der Waals surface area (Å²) in [4.78, 5) is 14.5. The number of halogens is 2. The highest BCUT2D eigenvalue weighted by atomic mass is 35.5. The lowest BCUT2D eigenvalue weighted by atomic mass is 10.1. The maximum Gasteiger partial charge on any atom is 0.323 e. The molecule has 0 atom stereocenters. The van der Waals surface area contributed by atoms with Crippen molar-refractivity contribution in [2.75, 3.05) is 28.6 Å². The van der Waals surface area contributed by atoms with Gasteiger partial charge in [0.05, 0.1) is 10.7 Å². The fourth-order valence-electron chi connectivity index (χ4n) is 2.78. The molecule has 6 heteroatoms. The number of hydrogen-bond acceptors (Lipinski definition) is 2. The average Bonchev–Trinajstić information content (AvgIpc) is 2.59.